The second-order valence-corrected chi connectivity index (χ2v) is 12.0. The molecule has 0 unspecified atom stereocenters. The maximum absolute atomic E-state index is 10.5. The molecule has 1 aliphatic carbocycles. The summed E-state index contributed by atoms with van der Waals surface area (Å²) in [7, 11) is 0. The summed E-state index contributed by atoms with van der Waals surface area (Å²) in [6.45, 7) is 17.0. The molecule has 1 fully saturated rings. The SMILES string of the molecule is Cc1cc(C(C)(C)C)cc(C=NC2CCC(N=Cc3cc(C(C)(C)C)cc(C)c3O)CC2)c1O. The molecular weight excluding hydrogens is 420 g/mol. The first kappa shape index (κ1) is 26.0. The molecule has 0 spiro atoms. The van der Waals surface area contributed by atoms with Crippen LogP contribution in [0.5, 0.6) is 11.5 Å². The quantitative estimate of drug-likeness (QED) is 0.473. The van der Waals surface area contributed by atoms with Crippen molar-refractivity contribution in [3.63, 3.8) is 0 Å². The summed E-state index contributed by atoms with van der Waals surface area (Å²) in [4.78, 5) is 9.64. The number of nitrogens with zero attached hydrogens (tertiary/aromatic N) is 2. The van der Waals surface area contributed by atoms with Gasteiger partial charge in [0.2, 0.25) is 0 Å². The Morgan fingerprint density at radius 2 is 0.971 bits per heavy atom. The number of benzene rings is 2. The normalized spacial score (nSPS) is 19.9. The van der Waals surface area contributed by atoms with Crippen molar-refractivity contribution in [1.82, 2.24) is 0 Å². The number of phenolic OH excluding ortho intramolecular Hbond substituents is 2. The fraction of sp³-hybridized carbons (Fsp3) is 0.533. The van der Waals surface area contributed by atoms with E-state index in [9.17, 15) is 10.2 Å². The van der Waals surface area contributed by atoms with Crippen molar-refractivity contribution in [2.24, 2.45) is 9.98 Å². The molecule has 34 heavy (non-hydrogen) atoms. The van der Waals surface area contributed by atoms with Crippen LogP contribution in [-0.2, 0) is 10.8 Å². The molecule has 3 rings (SSSR count). The van der Waals surface area contributed by atoms with Gasteiger partial charge in [0.05, 0.1) is 12.1 Å². The van der Waals surface area contributed by atoms with Crippen LogP contribution in [0.1, 0.15) is 101 Å². The van der Waals surface area contributed by atoms with Crippen LogP contribution in [0.25, 0.3) is 0 Å². The fourth-order valence-electron chi connectivity index (χ4n) is 4.40. The van der Waals surface area contributed by atoms with Crippen molar-refractivity contribution >= 4 is 12.4 Å². The molecule has 1 aliphatic rings. The van der Waals surface area contributed by atoms with Gasteiger partial charge in [0.15, 0.2) is 0 Å². The molecule has 0 bridgehead atoms. The minimum Gasteiger partial charge on any atom is -0.507 e. The highest BCUT2D eigenvalue weighted by molar-refractivity contribution is 5.85. The number of hydrogen-bond donors (Lipinski definition) is 2. The Hall–Kier alpha value is -2.62. The average molecular weight is 463 g/mol. The predicted octanol–water partition coefficient (Wildman–Crippen LogP) is 7.16. The minimum absolute atomic E-state index is 0.0243. The number of hydrogen-bond acceptors (Lipinski definition) is 4. The van der Waals surface area contributed by atoms with Crippen molar-refractivity contribution in [2.45, 2.75) is 104 Å². The number of aryl methyl sites for hydroxylation is 2. The highest BCUT2D eigenvalue weighted by atomic mass is 16.3. The first-order valence-corrected chi connectivity index (χ1v) is 12.5. The number of phenols is 2. The lowest BCUT2D eigenvalue weighted by Crippen LogP contribution is -2.20. The molecule has 1 saturated carbocycles. The average Bonchev–Trinajstić information content (AvgIpc) is 2.74. The van der Waals surface area contributed by atoms with E-state index in [4.69, 9.17) is 9.98 Å². The van der Waals surface area contributed by atoms with Crippen LogP contribution in [-0.4, -0.2) is 34.7 Å². The van der Waals surface area contributed by atoms with E-state index in [0.717, 1.165) is 47.9 Å². The molecule has 4 nitrogen and oxygen atoms in total. The Labute approximate surface area is 205 Å². The summed E-state index contributed by atoms with van der Waals surface area (Å²) in [5, 5.41) is 21.0. The van der Waals surface area contributed by atoms with Crippen molar-refractivity contribution in [2.75, 3.05) is 0 Å². The largest absolute Gasteiger partial charge is 0.507 e. The van der Waals surface area contributed by atoms with Crippen molar-refractivity contribution in [3.05, 3.63) is 57.6 Å². The van der Waals surface area contributed by atoms with Gasteiger partial charge in [-0.2, -0.15) is 0 Å². The summed E-state index contributed by atoms with van der Waals surface area (Å²) >= 11 is 0. The van der Waals surface area contributed by atoms with Crippen LogP contribution in [0.4, 0.5) is 0 Å². The van der Waals surface area contributed by atoms with Crippen LogP contribution in [0, 0.1) is 13.8 Å². The van der Waals surface area contributed by atoms with Gasteiger partial charge >= 0.3 is 0 Å². The third kappa shape index (κ3) is 6.28. The summed E-state index contributed by atoms with van der Waals surface area (Å²) < 4.78 is 0. The third-order valence-electron chi connectivity index (χ3n) is 6.91. The Balaban J connectivity index is 1.66. The third-order valence-corrected chi connectivity index (χ3v) is 6.91. The number of rotatable bonds is 4. The summed E-state index contributed by atoms with van der Waals surface area (Å²) in [6, 6.07) is 8.75. The zero-order valence-electron chi connectivity index (χ0n) is 22.2. The predicted molar refractivity (Wildman–Crippen MR) is 144 cm³/mol. The van der Waals surface area contributed by atoms with Crippen molar-refractivity contribution in [1.29, 1.82) is 0 Å². The molecule has 184 valence electrons. The van der Waals surface area contributed by atoms with Crippen LogP contribution in [0.3, 0.4) is 0 Å². The van der Waals surface area contributed by atoms with Gasteiger partial charge in [0, 0.05) is 23.6 Å². The van der Waals surface area contributed by atoms with Gasteiger partial charge in [0.1, 0.15) is 11.5 Å². The Morgan fingerprint density at radius 3 is 1.26 bits per heavy atom. The lowest BCUT2D eigenvalue weighted by molar-refractivity contribution is 0.399. The van der Waals surface area contributed by atoms with E-state index in [-0.39, 0.29) is 22.9 Å². The van der Waals surface area contributed by atoms with Gasteiger partial charge in [-0.15, -0.1) is 0 Å². The summed E-state index contributed by atoms with van der Waals surface area (Å²) in [5.41, 5.74) is 5.84. The molecular formula is C30H42N2O2. The van der Waals surface area contributed by atoms with Crippen LogP contribution >= 0.6 is 0 Å². The monoisotopic (exact) mass is 462 g/mol. The molecule has 2 aromatic rings. The van der Waals surface area contributed by atoms with Gasteiger partial charge < -0.3 is 10.2 Å². The molecule has 2 N–H and O–H groups in total. The molecule has 2 aromatic carbocycles. The molecule has 4 heteroatoms. The molecule has 0 aliphatic heterocycles. The minimum atomic E-state index is 0.0243. The smallest absolute Gasteiger partial charge is 0.127 e. The lowest BCUT2D eigenvalue weighted by Gasteiger charge is -2.24. The summed E-state index contributed by atoms with van der Waals surface area (Å²) in [5.74, 6) is 0.644. The zero-order valence-corrected chi connectivity index (χ0v) is 22.2. The highest BCUT2D eigenvalue weighted by Crippen LogP contribution is 2.32. The fourth-order valence-corrected chi connectivity index (χ4v) is 4.40. The second-order valence-electron chi connectivity index (χ2n) is 12.0. The molecule has 0 radical (unpaired) electrons. The maximum Gasteiger partial charge on any atom is 0.127 e. The van der Waals surface area contributed by atoms with E-state index < -0.39 is 0 Å². The van der Waals surface area contributed by atoms with E-state index in [2.05, 4.69) is 65.8 Å². The Kier molecular flexibility index (Phi) is 7.59. The zero-order chi connectivity index (χ0) is 25.3. The van der Waals surface area contributed by atoms with E-state index in [0.29, 0.717) is 11.5 Å². The standard InChI is InChI=1S/C30H42N2O2/c1-19-13-23(29(3,4)5)15-21(27(19)33)17-31-25-9-11-26(12-10-25)32-18-22-16-24(30(6,7)8)14-20(2)28(22)34/h13-18,25-26,33-34H,9-12H2,1-8H3. The maximum atomic E-state index is 10.5. The molecule has 0 heterocycles. The van der Waals surface area contributed by atoms with Gasteiger partial charge in [-0.05, 0) is 84.7 Å². The van der Waals surface area contributed by atoms with Gasteiger partial charge in [-0.3, -0.25) is 9.98 Å². The molecule has 0 atom stereocenters. The Bertz CT molecular complexity index is 989. The van der Waals surface area contributed by atoms with E-state index in [1.807, 2.05) is 26.3 Å². The van der Waals surface area contributed by atoms with Crippen molar-refractivity contribution < 1.29 is 10.2 Å². The molecule has 0 aromatic heterocycles. The van der Waals surface area contributed by atoms with Crippen LogP contribution in [0.2, 0.25) is 0 Å². The number of aliphatic imine (C=N–C) groups is 2. The molecule has 0 saturated heterocycles. The highest BCUT2D eigenvalue weighted by Gasteiger charge is 2.21. The van der Waals surface area contributed by atoms with Gasteiger partial charge in [-0.25, -0.2) is 0 Å². The van der Waals surface area contributed by atoms with Crippen molar-refractivity contribution in [3.8, 4) is 11.5 Å². The van der Waals surface area contributed by atoms with E-state index >= 15 is 0 Å². The summed E-state index contributed by atoms with van der Waals surface area (Å²) in [6.07, 6.45) is 7.61. The Morgan fingerprint density at radius 1 is 0.647 bits per heavy atom. The van der Waals surface area contributed by atoms with E-state index in [1.54, 1.807) is 0 Å². The first-order valence-electron chi connectivity index (χ1n) is 12.5. The molecule has 0 amide bonds. The lowest BCUT2D eigenvalue weighted by atomic mass is 9.85. The first-order chi connectivity index (χ1) is 15.8. The van der Waals surface area contributed by atoms with Gasteiger partial charge in [0.25, 0.3) is 0 Å². The topological polar surface area (TPSA) is 65.2 Å². The van der Waals surface area contributed by atoms with Crippen LogP contribution < -0.4 is 0 Å². The van der Waals surface area contributed by atoms with Crippen LogP contribution in [0.15, 0.2) is 34.3 Å². The van der Waals surface area contributed by atoms with E-state index in [1.165, 1.54) is 11.1 Å². The second kappa shape index (κ2) is 9.93. The van der Waals surface area contributed by atoms with Gasteiger partial charge in [-0.1, -0.05) is 53.7 Å². The number of aromatic hydroxyl groups is 2.